The highest BCUT2D eigenvalue weighted by atomic mass is 35.5. The van der Waals surface area contributed by atoms with E-state index in [0.717, 1.165) is 6.07 Å². The lowest BCUT2D eigenvalue weighted by Crippen LogP contribution is -2.71. The fraction of sp³-hybridized carbons (Fsp3) is 0.464. The average molecular weight is 596 g/mol. The minimum absolute atomic E-state index is 0.0175. The number of carbonyl (C=O) groups excluding carboxylic acids is 3. The van der Waals surface area contributed by atoms with Crippen LogP contribution in [0.4, 0.5) is 13.6 Å². The zero-order valence-corrected chi connectivity index (χ0v) is 23.2. The molecule has 0 radical (unpaired) electrons. The number of aliphatic hydroxyl groups excluding tert-OH is 1. The van der Waals surface area contributed by atoms with Crippen LogP contribution in [0.15, 0.2) is 36.4 Å². The molecule has 3 aliphatic carbocycles. The fourth-order valence-corrected chi connectivity index (χ4v) is 5.41. The van der Waals surface area contributed by atoms with Crippen LogP contribution in [0.2, 0.25) is 5.02 Å². The zero-order chi connectivity index (χ0) is 29.6. The van der Waals surface area contributed by atoms with E-state index in [4.69, 9.17) is 30.9 Å². The molecule has 3 amide bonds. The smallest absolute Gasteiger partial charge is 0.407 e. The van der Waals surface area contributed by atoms with Crippen LogP contribution in [0.1, 0.15) is 37.7 Å². The summed E-state index contributed by atoms with van der Waals surface area (Å²) in [6, 6.07) is 8.16. The summed E-state index contributed by atoms with van der Waals surface area (Å²) in [5, 5.41) is 17.3. The number of aryl methyl sites for hydroxylation is 1. The molecule has 5 rings (SSSR count). The summed E-state index contributed by atoms with van der Waals surface area (Å²) in [5.74, 6) is -1.69. The lowest BCUT2D eigenvalue weighted by molar-refractivity contribution is -0.137. The second kappa shape index (κ2) is 12.9. The Morgan fingerprint density at radius 3 is 2.17 bits per heavy atom. The van der Waals surface area contributed by atoms with Gasteiger partial charge in [0.05, 0.1) is 17.2 Å². The molecule has 222 valence electrons. The average Bonchev–Trinajstić information content (AvgIpc) is 2.94. The van der Waals surface area contributed by atoms with E-state index < -0.39 is 46.7 Å². The van der Waals surface area contributed by atoms with Crippen LogP contribution in [0.25, 0.3) is 0 Å². The molecule has 0 saturated heterocycles. The molecule has 1 atom stereocenters. The SMILES string of the molecule is Cc1ccc(OCC(=O)NC23CCC(NC(=O)COc4ccc(Cl)c(F)c4)(CC2)C[C@@H]3OC(=O)NCCO)cc1F. The van der Waals surface area contributed by atoms with Gasteiger partial charge in [-0.1, -0.05) is 17.7 Å². The second-order valence-electron chi connectivity index (χ2n) is 10.3. The van der Waals surface area contributed by atoms with Crippen molar-refractivity contribution in [1.29, 1.82) is 0 Å². The summed E-state index contributed by atoms with van der Waals surface area (Å²) >= 11 is 5.68. The molecule has 4 N–H and O–H groups in total. The molecule has 0 unspecified atom stereocenters. The first-order valence-corrected chi connectivity index (χ1v) is 13.6. The fourth-order valence-electron chi connectivity index (χ4n) is 5.29. The van der Waals surface area contributed by atoms with Gasteiger partial charge in [0.2, 0.25) is 0 Å². The van der Waals surface area contributed by atoms with Crippen LogP contribution in [0.5, 0.6) is 11.5 Å². The largest absolute Gasteiger partial charge is 0.484 e. The van der Waals surface area contributed by atoms with Crippen molar-refractivity contribution in [1.82, 2.24) is 16.0 Å². The third-order valence-corrected chi connectivity index (χ3v) is 7.80. The molecule has 3 aliphatic rings. The maximum Gasteiger partial charge on any atom is 0.407 e. The number of ether oxygens (including phenoxy) is 3. The first-order chi connectivity index (χ1) is 19.5. The molecule has 0 aromatic heterocycles. The minimum atomic E-state index is -0.917. The van der Waals surface area contributed by atoms with Crippen molar-refractivity contribution < 1.29 is 42.5 Å². The Bertz CT molecular complexity index is 1290. The molecular weight excluding hydrogens is 564 g/mol. The van der Waals surface area contributed by atoms with Gasteiger partial charge in [0.1, 0.15) is 29.2 Å². The molecule has 2 aromatic rings. The number of alkyl carbamates (subject to hydrolysis) is 1. The second-order valence-corrected chi connectivity index (χ2v) is 10.8. The van der Waals surface area contributed by atoms with Gasteiger partial charge in [-0.15, -0.1) is 0 Å². The number of benzene rings is 2. The summed E-state index contributed by atoms with van der Waals surface area (Å²) in [6.07, 6.45) is 0.374. The Hall–Kier alpha value is -3.64. The van der Waals surface area contributed by atoms with Crippen LogP contribution in [0, 0.1) is 18.6 Å². The van der Waals surface area contributed by atoms with Crippen molar-refractivity contribution in [2.24, 2.45) is 0 Å². The van der Waals surface area contributed by atoms with Crippen LogP contribution in [0.3, 0.4) is 0 Å². The van der Waals surface area contributed by atoms with Gasteiger partial charge in [0, 0.05) is 30.6 Å². The molecular formula is C28H32ClF2N3O7. The third kappa shape index (κ3) is 7.56. The van der Waals surface area contributed by atoms with Gasteiger partial charge in [-0.25, -0.2) is 13.6 Å². The summed E-state index contributed by atoms with van der Waals surface area (Å²) < 4.78 is 44.1. The first kappa shape index (κ1) is 30.3. The van der Waals surface area contributed by atoms with Gasteiger partial charge in [-0.3, -0.25) is 9.59 Å². The predicted octanol–water partition coefficient (Wildman–Crippen LogP) is 3.16. The Kier molecular flexibility index (Phi) is 9.54. The van der Waals surface area contributed by atoms with Crippen LogP contribution in [-0.2, 0) is 14.3 Å². The lowest BCUT2D eigenvalue weighted by Gasteiger charge is -2.57. The van der Waals surface area contributed by atoms with Crippen molar-refractivity contribution in [2.45, 2.75) is 56.2 Å². The number of amides is 3. The summed E-state index contributed by atoms with van der Waals surface area (Å²) in [4.78, 5) is 38.1. The van der Waals surface area contributed by atoms with Gasteiger partial charge >= 0.3 is 6.09 Å². The van der Waals surface area contributed by atoms with Crippen molar-refractivity contribution in [3.8, 4) is 11.5 Å². The standard InChI is InChI=1S/C28H32ClF2N3O7/c1-17-2-3-18(12-21(17)30)40-16-25(37)34-28-8-6-27(7-9-28,14-23(28)41-26(38)32-10-11-35)33-24(36)15-39-19-4-5-20(29)22(31)13-19/h2-5,12-13,23,35H,6-11,14-16H2,1H3,(H,32,38)(H,33,36)(H,34,37)/t23-,27?,28?/m0/s1. The van der Waals surface area contributed by atoms with E-state index in [0.29, 0.717) is 31.2 Å². The number of fused-ring (bicyclic) bond motifs is 3. The minimum Gasteiger partial charge on any atom is -0.484 e. The number of carbonyl (C=O) groups is 3. The number of rotatable bonds is 11. The Morgan fingerprint density at radius 1 is 0.951 bits per heavy atom. The number of nitrogens with one attached hydrogen (secondary N) is 3. The highest BCUT2D eigenvalue weighted by Crippen LogP contribution is 2.48. The molecule has 2 bridgehead atoms. The van der Waals surface area contributed by atoms with E-state index >= 15 is 0 Å². The molecule has 0 aliphatic heterocycles. The van der Waals surface area contributed by atoms with Crippen LogP contribution in [-0.4, -0.2) is 66.6 Å². The van der Waals surface area contributed by atoms with E-state index in [1.54, 1.807) is 19.1 Å². The molecule has 10 nitrogen and oxygen atoms in total. The molecule has 3 fully saturated rings. The van der Waals surface area contributed by atoms with E-state index in [1.165, 1.54) is 18.2 Å². The Balaban J connectivity index is 1.40. The summed E-state index contributed by atoms with van der Waals surface area (Å²) in [6.45, 7) is 0.569. The van der Waals surface area contributed by atoms with Gasteiger partial charge < -0.3 is 35.3 Å². The number of halogens is 3. The first-order valence-electron chi connectivity index (χ1n) is 13.2. The summed E-state index contributed by atoms with van der Waals surface area (Å²) in [7, 11) is 0. The number of hydrogen-bond donors (Lipinski definition) is 4. The molecule has 0 heterocycles. The third-order valence-electron chi connectivity index (χ3n) is 7.49. The molecule has 0 spiro atoms. The van der Waals surface area contributed by atoms with Crippen LogP contribution < -0.4 is 25.4 Å². The number of aliphatic hydroxyl groups is 1. The maximum atomic E-state index is 13.8. The molecule has 2 aromatic carbocycles. The Morgan fingerprint density at radius 2 is 1.56 bits per heavy atom. The van der Waals surface area contributed by atoms with Crippen molar-refractivity contribution in [3.05, 3.63) is 58.6 Å². The van der Waals surface area contributed by atoms with E-state index in [9.17, 15) is 23.2 Å². The van der Waals surface area contributed by atoms with E-state index in [2.05, 4.69) is 16.0 Å². The predicted molar refractivity (Wildman–Crippen MR) is 144 cm³/mol. The van der Waals surface area contributed by atoms with Crippen molar-refractivity contribution in [3.63, 3.8) is 0 Å². The number of hydrogen-bond acceptors (Lipinski definition) is 7. The molecule has 3 saturated carbocycles. The molecule has 13 heteroatoms. The van der Waals surface area contributed by atoms with Gasteiger partial charge in [-0.2, -0.15) is 0 Å². The summed E-state index contributed by atoms with van der Waals surface area (Å²) in [5.41, 5.74) is -1.19. The van der Waals surface area contributed by atoms with Crippen LogP contribution >= 0.6 is 11.6 Å². The van der Waals surface area contributed by atoms with Gasteiger partial charge in [0.15, 0.2) is 13.2 Å². The molecule has 41 heavy (non-hydrogen) atoms. The highest BCUT2D eigenvalue weighted by Gasteiger charge is 2.57. The van der Waals surface area contributed by atoms with E-state index in [-0.39, 0.29) is 49.3 Å². The topological polar surface area (TPSA) is 135 Å². The zero-order valence-electron chi connectivity index (χ0n) is 22.4. The monoisotopic (exact) mass is 595 g/mol. The maximum absolute atomic E-state index is 13.8. The highest BCUT2D eigenvalue weighted by molar-refractivity contribution is 6.30. The quantitative estimate of drug-likeness (QED) is 0.313. The van der Waals surface area contributed by atoms with Gasteiger partial charge in [0.25, 0.3) is 11.8 Å². The normalized spacial score (nSPS) is 22.9. The lowest BCUT2D eigenvalue weighted by atomic mass is 9.59. The van der Waals surface area contributed by atoms with Crippen molar-refractivity contribution >= 4 is 29.5 Å². The van der Waals surface area contributed by atoms with E-state index in [1.807, 2.05) is 0 Å². The van der Waals surface area contributed by atoms with Gasteiger partial charge in [-0.05, 0) is 56.4 Å². The van der Waals surface area contributed by atoms with Crippen molar-refractivity contribution in [2.75, 3.05) is 26.4 Å². The Labute approximate surface area is 240 Å².